The molecule has 2 nitrogen and oxygen atoms in total. The van der Waals surface area contributed by atoms with E-state index in [1.54, 1.807) is 24.3 Å². The summed E-state index contributed by atoms with van der Waals surface area (Å²) in [7, 11) is 1.51. The molecule has 0 N–H and O–H groups in total. The summed E-state index contributed by atoms with van der Waals surface area (Å²) in [6.07, 6.45) is -2.27. The molecule has 1 aliphatic rings. The number of carbonyl (C=O) groups is 1. The number of hydrogen-bond donors (Lipinski definition) is 0. The maximum atomic E-state index is 12.7. The Morgan fingerprint density at radius 2 is 1.70 bits per heavy atom. The average Bonchev–Trinajstić information content (AvgIpc) is 2.40. The highest BCUT2D eigenvalue weighted by atomic mass is 19.4. The molecular formula is C15H13F3O2. The zero-order valence-electron chi connectivity index (χ0n) is 11.0. The van der Waals surface area contributed by atoms with Gasteiger partial charge in [-0.15, -0.1) is 0 Å². The van der Waals surface area contributed by atoms with E-state index in [1.165, 1.54) is 20.1 Å². The summed E-state index contributed by atoms with van der Waals surface area (Å²) in [5.41, 5.74) is 0.0630. The predicted octanol–water partition coefficient (Wildman–Crippen LogP) is 3.79. The molecule has 20 heavy (non-hydrogen) atoms. The van der Waals surface area contributed by atoms with Crippen molar-refractivity contribution in [1.82, 2.24) is 0 Å². The highest BCUT2D eigenvalue weighted by Crippen LogP contribution is 2.37. The van der Waals surface area contributed by atoms with Crippen LogP contribution in [0.4, 0.5) is 13.2 Å². The first-order chi connectivity index (χ1) is 9.34. The number of benzene rings is 1. The predicted molar refractivity (Wildman–Crippen MR) is 69.3 cm³/mol. The van der Waals surface area contributed by atoms with E-state index >= 15 is 0 Å². The number of hydrogen-bond acceptors (Lipinski definition) is 2. The highest BCUT2D eigenvalue weighted by Gasteiger charge is 2.41. The normalized spacial score (nSPS) is 19.4. The van der Waals surface area contributed by atoms with Crippen LogP contribution in [-0.4, -0.2) is 19.1 Å². The molecular weight excluding hydrogens is 269 g/mol. The molecule has 0 amide bonds. The summed E-state index contributed by atoms with van der Waals surface area (Å²) in [6, 6.07) is 6.64. The molecule has 1 unspecified atom stereocenters. The summed E-state index contributed by atoms with van der Waals surface area (Å²) >= 11 is 0. The molecule has 106 valence electrons. The minimum atomic E-state index is -4.48. The standard InChI is InChI=1S/C15H13F3O2/c1-9-13(15(16,17)18)8-7-12(14(9)19)10-3-5-11(20-2)6-4-10/h3-9H,1-2H3. The lowest BCUT2D eigenvalue weighted by atomic mass is 9.84. The van der Waals surface area contributed by atoms with Crippen LogP contribution in [0.25, 0.3) is 5.57 Å². The van der Waals surface area contributed by atoms with Gasteiger partial charge in [-0.05, 0) is 17.7 Å². The van der Waals surface area contributed by atoms with E-state index in [-0.39, 0.29) is 5.57 Å². The number of allylic oxidation sites excluding steroid dienone is 4. The van der Waals surface area contributed by atoms with E-state index in [9.17, 15) is 18.0 Å². The smallest absolute Gasteiger partial charge is 0.413 e. The van der Waals surface area contributed by atoms with Crippen molar-refractivity contribution in [3.63, 3.8) is 0 Å². The Kier molecular flexibility index (Phi) is 3.70. The van der Waals surface area contributed by atoms with E-state index in [0.717, 1.165) is 6.08 Å². The molecule has 0 saturated heterocycles. The van der Waals surface area contributed by atoms with Crippen molar-refractivity contribution in [3.05, 3.63) is 47.6 Å². The Hall–Kier alpha value is -2.04. The van der Waals surface area contributed by atoms with Crippen molar-refractivity contribution in [3.8, 4) is 5.75 Å². The molecule has 0 aliphatic heterocycles. The zero-order chi connectivity index (χ0) is 14.9. The van der Waals surface area contributed by atoms with Crippen LogP contribution in [0.5, 0.6) is 5.75 Å². The van der Waals surface area contributed by atoms with Gasteiger partial charge in [0.25, 0.3) is 0 Å². The molecule has 0 spiro atoms. The van der Waals surface area contributed by atoms with E-state index in [2.05, 4.69) is 0 Å². The monoisotopic (exact) mass is 282 g/mol. The van der Waals surface area contributed by atoms with Gasteiger partial charge in [0.2, 0.25) is 0 Å². The Morgan fingerprint density at radius 1 is 1.10 bits per heavy atom. The minimum Gasteiger partial charge on any atom is -0.497 e. The van der Waals surface area contributed by atoms with Crippen LogP contribution in [0.1, 0.15) is 12.5 Å². The summed E-state index contributed by atoms with van der Waals surface area (Å²) in [5.74, 6) is -1.08. The Balaban J connectivity index is 2.39. The number of halogens is 3. The maximum Gasteiger partial charge on any atom is 0.413 e. The van der Waals surface area contributed by atoms with Gasteiger partial charge in [0.05, 0.1) is 7.11 Å². The van der Waals surface area contributed by atoms with Crippen LogP contribution in [0.3, 0.4) is 0 Å². The van der Waals surface area contributed by atoms with Crippen LogP contribution >= 0.6 is 0 Å². The van der Waals surface area contributed by atoms with E-state index < -0.39 is 23.5 Å². The van der Waals surface area contributed by atoms with Gasteiger partial charge in [-0.2, -0.15) is 13.2 Å². The molecule has 0 heterocycles. The van der Waals surface area contributed by atoms with Crippen molar-refractivity contribution >= 4 is 11.4 Å². The van der Waals surface area contributed by atoms with Crippen LogP contribution in [0.15, 0.2) is 42.0 Å². The van der Waals surface area contributed by atoms with Crippen LogP contribution in [-0.2, 0) is 4.79 Å². The molecule has 1 aromatic carbocycles. The first-order valence-electron chi connectivity index (χ1n) is 6.02. The van der Waals surface area contributed by atoms with Crippen LogP contribution < -0.4 is 4.74 Å². The number of Topliss-reactive ketones (excluding diaryl/α,β-unsaturated/α-hetero) is 1. The van der Waals surface area contributed by atoms with Gasteiger partial charge in [-0.25, -0.2) is 0 Å². The van der Waals surface area contributed by atoms with E-state index in [4.69, 9.17) is 4.74 Å². The van der Waals surface area contributed by atoms with Crippen LogP contribution in [0.2, 0.25) is 0 Å². The van der Waals surface area contributed by atoms with Gasteiger partial charge < -0.3 is 4.74 Å². The fourth-order valence-corrected chi connectivity index (χ4v) is 2.12. The van der Waals surface area contributed by atoms with Crippen molar-refractivity contribution in [1.29, 1.82) is 0 Å². The lowest BCUT2D eigenvalue weighted by Crippen LogP contribution is -2.27. The number of methoxy groups -OCH3 is 1. The zero-order valence-corrected chi connectivity index (χ0v) is 11.0. The molecule has 1 aliphatic carbocycles. The number of rotatable bonds is 2. The SMILES string of the molecule is COc1ccc(C2=CC=C(C(F)(F)F)C(C)C2=O)cc1. The molecule has 0 bridgehead atoms. The van der Waals surface area contributed by atoms with Gasteiger partial charge >= 0.3 is 6.18 Å². The fraction of sp³-hybridized carbons (Fsp3) is 0.267. The third kappa shape index (κ3) is 2.61. The maximum absolute atomic E-state index is 12.7. The second kappa shape index (κ2) is 5.15. The van der Waals surface area contributed by atoms with E-state index in [0.29, 0.717) is 11.3 Å². The molecule has 0 fully saturated rings. The topological polar surface area (TPSA) is 26.3 Å². The third-order valence-electron chi connectivity index (χ3n) is 3.28. The fourth-order valence-electron chi connectivity index (χ4n) is 2.12. The first-order valence-corrected chi connectivity index (χ1v) is 6.02. The quantitative estimate of drug-likeness (QED) is 0.825. The Morgan fingerprint density at radius 3 is 2.20 bits per heavy atom. The van der Waals surface area contributed by atoms with E-state index in [1.807, 2.05) is 0 Å². The van der Waals surface area contributed by atoms with Crippen molar-refractivity contribution in [2.75, 3.05) is 7.11 Å². The molecule has 1 atom stereocenters. The number of ketones is 1. The van der Waals surface area contributed by atoms with Crippen molar-refractivity contribution < 1.29 is 22.7 Å². The van der Waals surface area contributed by atoms with Gasteiger partial charge in [0.15, 0.2) is 5.78 Å². The molecule has 0 radical (unpaired) electrons. The minimum absolute atomic E-state index is 0.285. The van der Waals surface area contributed by atoms with Gasteiger partial charge in [-0.1, -0.05) is 31.2 Å². The molecule has 0 aromatic heterocycles. The largest absolute Gasteiger partial charge is 0.497 e. The first kappa shape index (κ1) is 14.4. The van der Waals surface area contributed by atoms with Crippen molar-refractivity contribution in [2.45, 2.75) is 13.1 Å². The molecule has 0 saturated carbocycles. The summed E-state index contributed by atoms with van der Waals surface area (Å²) in [4.78, 5) is 12.1. The molecule has 1 aromatic rings. The summed E-state index contributed by atoms with van der Waals surface area (Å²) in [5, 5.41) is 0. The Bertz CT molecular complexity index is 580. The van der Waals surface area contributed by atoms with Crippen molar-refractivity contribution in [2.24, 2.45) is 5.92 Å². The second-order valence-corrected chi connectivity index (χ2v) is 4.51. The second-order valence-electron chi connectivity index (χ2n) is 4.51. The van der Waals surface area contributed by atoms with Gasteiger partial charge in [0, 0.05) is 17.1 Å². The summed E-state index contributed by atoms with van der Waals surface area (Å²) in [6.45, 7) is 1.28. The number of alkyl halides is 3. The summed E-state index contributed by atoms with van der Waals surface area (Å²) < 4.78 is 43.2. The Labute approximate surface area is 114 Å². The molecule has 2 rings (SSSR count). The third-order valence-corrected chi connectivity index (χ3v) is 3.28. The lowest BCUT2D eigenvalue weighted by molar-refractivity contribution is -0.123. The lowest BCUT2D eigenvalue weighted by Gasteiger charge is -2.22. The highest BCUT2D eigenvalue weighted by molar-refractivity contribution is 6.23. The van der Waals surface area contributed by atoms with Crippen LogP contribution in [0, 0.1) is 5.92 Å². The number of ether oxygens (including phenoxy) is 1. The number of carbonyl (C=O) groups excluding carboxylic acids is 1. The van der Waals surface area contributed by atoms with Gasteiger partial charge in [-0.3, -0.25) is 4.79 Å². The average molecular weight is 282 g/mol. The molecule has 5 heteroatoms. The van der Waals surface area contributed by atoms with Gasteiger partial charge in [0.1, 0.15) is 5.75 Å².